The van der Waals surface area contributed by atoms with Gasteiger partial charge in [0, 0.05) is 12.5 Å². The van der Waals surface area contributed by atoms with Crippen molar-refractivity contribution in [3.63, 3.8) is 0 Å². The number of halogens is 1. The molecule has 1 heterocycles. The Labute approximate surface area is 141 Å². The lowest BCUT2D eigenvalue weighted by Gasteiger charge is -2.28. The van der Waals surface area contributed by atoms with Gasteiger partial charge in [0.15, 0.2) is 5.78 Å². The molecule has 1 aliphatic carbocycles. The largest absolute Gasteiger partial charge is 0.492 e. The van der Waals surface area contributed by atoms with Crippen molar-refractivity contribution in [1.29, 1.82) is 0 Å². The monoisotopic (exact) mass is 333 g/mol. The third-order valence-electron chi connectivity index (χ3n) is 5.27. The van der Waals surface area contributed by atoms with Crippen molar-refractivity contribution < 1.29 is 18.7 Å². The first-order valence-electron chi connectivity index (χ1n) is 8.80. The Bertz CT molecular complexity index is 625. The van der Waals surface area contributed by atoms with Gasteiger partial charge < -0.3 is 10.1 Å². The van der Waals surface area contributed by atoms with Gasteiger partial charge in [-0.05, 0) is 37.0 Å². The topological polar surface area (TPSA) is 55.4 Å². The lowest BCUT2D eigenvalue weighted by molar-refractivity contribution is -0.126. The molecule has 1 amide bonds. The molecule has 1 saturated carbocycles. The maximum absolute atomic E-state index is 13.4. The van der Waals surface area contributed by atoms with E-state index in [0.717, 1.165) is 12.8 Å². The minimum absolute atomic E-state index is 0.123. The lowest BCUT2D eigenvalue weighted by Crippen LogP contribution is -2.42. The van der Waals surface area contributed by atoms with Crippen molar-refractivity contribution in [2.45, 2.75) is 39.0 Å². The molecule has 0 spiro atoms. The van der Waals surface area contributed by atoms with Gasteiger partial charge in [-0.15, -0.1) is 0 Å². The third kappa shape index (κ3) is 3.60. The summed E-state index contributed by atoms with van der Waals surface area (Å²) in [6.45, 7) is 2.58. The Morgan fingerprint density at radius 3 is 2.83 bits per heavy atom. The summed E-state index contributed by atoms with van der Waals surface area (Å²) in [5.74, 6) is -0.919. The number of fused-ring (bicyclic) bond motifs is 1. The van der Waals surface area contributed by atoms with Crippen LogP contribution in [-0.2, 0) is 4.79 Å². The molecule has 2 atom stereocenters. The van der Waals surface area contributed by atoms with Crippen LogP contribution in [0.4, 0.5) is 4.39 Å². The van der Waals surface area contributed by atoms with Gasteiger partial charge in [0.2, 0.25) is 5.91 Å². The van der Waals surface area contributed by atoms with Crippen LogP contribution in [-0.4, -0.2) is 24.8 Å². The normalized spacial score (nSPS) is 22.4. The second-order valence-corrected chi connectivity index (χ2v) is 6.96. The highest BCUT2D eigenvalue weighted by Crippen LogP contribution is 2.31. The molecule has 1 aromatic rings. The van der Waals surface area contributed by atoms with Gasteiger partial charge in [0.1, 0.15) is 11.6 Å². The molecule has 2 aliphatic rings. The summed E-state index contributed by atoms with van der Waals surface area (Å²) in [5.41, 5.74) is 0.234. The number of carbonyl (C=O) groups excluding carboxylic acids is 2. The predicted octanol–water partition coefficient (Wildman–Crippen LogP) is 3.35. The Hall–Kier alpha value is -1.91. The van der Waals surface area contributed by atoms with Crippen molar-refractivity contribution in [1.82, 2.24) is 5.32 Å². The molecule has 1 aliphatic heterocycles. The van der Waals surface area contributed by atoms with Crippen LogP contribution in [0.3, 0.4) is 0 Å². The average molecular weight is 333 g/mol. The highest BCUT2D eigenvalue weighted by Gasteiger charge is 2.36. The number of benzene rings is 1. The van der Waals surface area contributed by atoms with Gasteiger partial charge in [-0.2, -0.15) is 0 Å². The van der Waals surface area contributed by atoms with Crippen LogP contribution in [0.25, 0.3) is 0 Å². The summed E-state index contributed by atoms with van der Waals surface area (Å²) in [6.07, 6.45) is 6.06. The van der Waals surface area contributed by atoms with Crippen molar-refractivity contribution in [3.8, 4) is 5.75 Å². The molecule has 0 aromatic heterocycles. The third-order valence-corrected chi connectivity index (χ3v) is 5.27. The zero-order valence-corrected chi connectivity index (χ0v) is 14.0. The zero-order chi connectivity index (χ0) is 17.1. The van der Waals surface area contributed by atoms with Crippen molar-refractivity contribution in [2.75, 3.05) is 13.2 Å². The fourth-order valence-corrected chi connectivity index (χ4v) is 3.63. The smallest absolute Gasteiger partial charge is 0.223 e. The van der Waals surface area contributed by atoms with E-state index in [1.54, 1.807) is 6.92 Å². The van der Waals surface area contributed by atoms with Crippen molar-refractivity contribution in [2.24, 2.45) is 17.8 Å². The predicted molar refractivity (Wildman–Crippen MR) is 88.5 cm³/mol. The number of hydrogen-bond acceptors (Lipinski definition) is 3. The second kappa shape index (κ2) is 7.32. The van der Waals surface area contributed by atoms with Crippen LogP contribution in [0.1, 0.15) is 49.4 Å². The van der Waals surface area contributed by atoms with E-state index in [4.69, 9.17) is 4.74 Å². The molecular weight excluding hydrogens is 309 g/mol. The van der Waals surface area contributed by atoms with E-state index in [9.17, 15) is 14.0 Å². The van der Waals surface area contributed by atoms with E-state index >= 15 is 0 Å². The summed E-state index contributed by atoms with van der Waals surface area (Å²) in [4.78, 5) is 25.0. The number of ether oxygens (including phenoxy) is 1. The summed E-state index contributed by atoms with van der Waals surface area (Å²) in [7, 11) is 0. The molecule has 130 valence electrons. The minimum Gasteiger partial charge on any atom is -0.492 e. The van der Waals surface area contributed by atoms with E-state index in [-0.39, 0.29) is 23.9 Å². The fraction of sp³-hybridized carbons (Fsp3) is 0.579. The molecular formula is C19H24FNO3. The average Bonchev–Trinajstić information content (AvgIpc) is 2.61. The van der Waals surface area contributed by atoms with Gasteiger partial charge in [-0.25, -0.2) is 4.39 Å². The molecule has 0 radical (unpaired) electrons. The number of hydrogen-bond donors (Lipinski definition) is 1. The summed E-state index contributed by atoms with van der Waals surface area (Å²) in [5, 5.41) is 2.98. The number of amides is 1. The highest BCUT2D eigenvalue weighted by molar-refractivity contribution is 6.03. The molecule has 4 nitrogen and oxygen atoms in total. The zero-order valence-electron chi connectivity index (χ0n) is 14.0. The molecule has 0 saturated heterocycles. The summed E-state index contributed by atoms with van der Waals surface area (Å²) >= 11 is 0. The number of carbonyl (C=O) groups is 2. The maximum Gasteiger partial charge on any atom is 0.223 e. The minimum atomic E-state index is -0.564. The fourth-order valence-electron chi connectivity index (χ4n) is 3.63. The van der Waals surface area contributed by atoms with Gasteiger partial charge >= 0.3 is 0 Å². The van der Waals surface area contributed by atoms with Gasteiger partial charge in [-0.1, -0.05) is 26.2 Å². The van der Waals surface area contributed by atoms with E-state index in [1.165, 1.54) is 37.5 Å². The van der Waals surface area contributed by atoms with E-state index in [2.05, 4.69) is 5.32 Å². The quantitative estimate of drug-likeness (QED) is 0.919. The number of Topliss-reactive ketones (excluding diaryl/α,β-unsaturated/α-hetero) is 1. The second-order valence-electron chi connectivity index (χ2n) is 6.96. The molecule has 3 rings (SSSR count). The maximum atomic E-state index is 13.4. The van der Waals surface area contributed by atoms with Crippen LogP contribution in [0, 0.1) is 23.6 Å². The Morgan fingerprint density at radius 1 is 1.33 bits per heavy atom. The van der Waals surface area contributed by atoms with Gasteiger partial charge in [0.25, 0.3) is 0 Å². The van der Waals surface area contributed by atoms with E-state index in [1.807, 2.05) is 0 Å². The Balaban J connectivity index is 1.61. The Kier molecular flexibility index (Phi) is 5.17. The van der Waals surface area contributed by atoms with Gasteiger partial charge in [0.05, 0.1) is 18.1 Å². The van der Waals surface area contributed by atoms with Crippen LogP contribution in [0.2, 0.25) is 0 Å². The molecule has 1 aromatic carbocycles. The van der Waals surface area contributed by atoms with Crippen molar-refractivity contribution >= 4 is 11.7 Å². The van der Waals surface area contributed by atoms with Crippen LogP contribution in [0.5, 0.6) is 5.75 Å². The standard InChI is InChI=1S/C19H24FNO3/c1-12(19(23)21-10-13-5-3-2-4-6-13)16-11-24-17-8-7-14(20)9-15(17)18(16)22/h7-9,12-13,16H,2-6,10-11H2,1H3,(H,21,23). The molecule has 2 unspecified atom stereocenters. The van der Waals surface area contributed by atoms with Crippen LogP contribution < -0.4 is 10.1 Å². The molecule has 0 bridgehead atoms. The van der Waals surface area contributed by atoms with Crippen molar-refractivity contribution in [3.05, 3.63) is 29.6 Å². The lowest BCUT2D eigenvalue weighted by atomic mass is 9.84. The molecule has 1 N–H and O–H groups in total. The molecule has 5 heteroatoms. The van der Waals surface area contributed by atoms with E-state index in [0.29, 0.717) is 18.2 Å². The summed E-state index contributed by atoms with van der Waals surface area (Å²) in [6, 6.07) is 3.93. The van der Waals surface area contributed by atoms with E-state index < -0.39 is 17.7 Å². The number of rotatable bonds is 4. The highest BCUT2D eigenvalue weighted by atomic mass is 19.1. The first kappa shape index (κ1) is 16.9. The van der Waals surface area contributed by atoms with Crippen LogP contribution >= 0.6 is 0 Å². The first-order chi connectivity index (χ1) is 11.6. The molecule has 24 heavy (non-hydrogen) atoms. The SMILES string of the molecule is CC(C(=O)NCC1CCCCC1)C1COc2ccc(F)cc2C1=O. The summed E-state index contributed by atoms with van der Waals surface area (Å²) < 4.78 is 19.0. The number of nitrogens with one attached hydrogen (secondary N) is 1. The van der Waals surface area contributed by atoms with Crippen LogP contribution in [0.15, 0.2) is 18.2 Å². The van der Waals surface area contributed by atoms with Gasteiger partial charge in [-0.3, -0.25) is 9.59 Å². The number of ketones is 1. The molecule has 1 fully saturated rings. The Morgan fingerprint density at radius 2 is 2.08 bits per heavy atom. The first-order valence-corrected chi connectivity index (χ1v) is 8.80.